The van der Waals surface area contributed by atoms with Gasteiger partial charge in [-0.3, -0.25) is 0 Å². The molecule has 3 nitrogen and oxygen atoms in total. The van der Waals surface area contributed by atoms with Crippen LogP contribution in [0.25, 0.3) is 0 Å². The highest BCUT2D eigenvalue weighted by Gasteiger charge is 2.07. The van der Waals surface area contributed by atoms with E-state index in [-0.39, 0.29) is 12.1 Å². The van der Waals surface area contributed by atoms with Crippen molar-refractivity contribution in [3.63, 3.8) is 0 Å². The van der Waals surface area contributed by atoms with Gasteiger partial charge in [0.25, 0.3) is 0 Å². The Hall–Kier alpha value is -0.870. The molecule has 0 atom stereocenters. The Kier molecular flexibility index (Phi) is 2.83. The number of rotatable bonds is 2. The molecular weight excluding hydrogens is 222 g/mol. The van der Waals surface area contributed by atoms with Crippen molar-refractivity contribution in [2.45, 2.75) is 6.54 Å². The third kappa shape index (κ3) is 1.84. The van der Waals surface area contributed by atoms with Gasteiger partial charge in [-0.05, 0) is 23.8 Å². The quantitative estimate of drug-likeness (QED) is 0.811. The molecule has 0 saturated carbocycles. The Morgan fingerprint density at radius 2 is 2.25 bits per heavy atom. The van der Waals surface area contributed by atoms with Crippen molar-refractivity contribution in [2.75, 3.05) is 0 Å². The molecule has 0 aliphatic carbocycles. The number of nitrogens with two attached hydrogens (primary N) is 1. The maximum atomic E-state index is 10.6. The van der Waals surface area contributed by atoms with Crippen molar-refractivity contribution in [3.8, 4) is 0 Å². The molecule has 0 fully saturated rings. The van der Waals surface area contributed by atoms with Crippen LogP contribution in [0.2, 0.25) is 0 Å². The first kappa shape index (κ1) is 9.22. The van der Waals surface area contributed by atoms with Gasteiger partial charge in [-0.1, -0.05) is 15.9 Å². The Morgan fingerprint density at radius 3 is 2.75 bits per heavy atom. The lowest BCUT2D eigenvalue weighted by Gasteiger charge is -2.02. The number of halogens is 1. The fraction of sp³-hybridized carbons (Fsp3) is 0.125. The van der Waals surface area contributed by atoms with Crippen LogP contribution in [0, 0.1) is 0 Å². The van der Waals surface area contributed by atoms with Gasteiger partial charge in [0.05, 0.1) is 5.56 Å². The first-order valence-electron chi connectivity index (χ1n) is 3.37. The fourth-order valence-corrected chi connectivity index (χ4v) is 1.35. The average Bonchev–Trinajstić information content (AvgIpc) is 2.03. The van der Waals surface area contributed by atoms with Gasteiger partial charge in [-0.2, -0.15) is 0 Å². The molecule has 0 bridgehead atoms. The Balaban J connectivity index is 3.20. The van der Waals surface area contributed by atoms with Crippen molar-refractivity contribution in [3.05, 3.63) is 33.8 Å². The van der Waals surface area contributed by atoms with Crippen molar-refractivity contribution in [2.24, 2.45) is 5.73 Å². The molecule has 0 aromatic heterocycles. The van der Waals surface area contributed by atoms with Crippen LogP contribution in [0.5, 0.6) is 0 Å². The summed E-state index contributed by atoms with van der Waals surface area (Å²) in [6.45, 7) is 0.237. The van der Waals surface area contributed by atoms with Gasteiger partial charge in [-0.25, -0.2) is 4.79 Å². The Bertz CT molecular complexity index is 312. The molecule has 0 saturated heterocycles. The molecule has 1 rings (SSSR count). The molecule has 4 heteroatoms. The lowest BCUT2D eigenvalue weighted by Crippen LogP contribution is -2.06. The van der Waals surface area contributed by atoms with Gasteiger partial charge < -0.3 is 10.8 Å². The summed E-state index contributed by atoms with van der Waals surface area (Å²) in [6, 6.07) is 4.93. The minimum Gasteiger partial charge on any atom is -0.478 e. The molecule has 0 radical (unpaired) electrons. The smallest absolute Gasteiger partial charge is 0.336 e. The maximum absolute atomic E-state index is 10.6. The summed E-state index contributed by atoms with van der Waals surface area (Å²) in [6.07, 6.45) is 0. The number of benzene rings is 1. The highest BCUT2D eigenvalue weighted by Crippen LogP contribution is 2.16. The zero-order valence-electron chi connectivity index (χ0n) is 6.25. The topological polar surface area (TPSA) is 63.3 Å². The van der Waals surface area contributed by atoms with Gasteiger partial charge in [0.15, 0.2) is 0 Å². The molecule has 1 aromatic rings. The molecule has 0 unspecified atom stereocenters. The van der Waals surface area contributed by atoms with Gasteiger partial charge in [0.2, 0.25) is 0 Å². The normalized spacial score (nSPS) is 9.83. The molecule has 3 N–H and O–H groups in total. The largest absolute Gasteiger partial charge is 0.478 e. The number of hydrogen-bond acceptors (Lipinski definition) is 2. The van der Waals surface area contributed by atoms with Crippen molar-refractivity contribution in [1.82, 2.24) is 0 Å². The molecule has 64 valence electrons. The first-order valence-corrected chi connectivity index (χ1v) is 4.16. The summed E-state index contributed by atoms with van der Waals surface area (Å²) in [5.74, 6) is -0.942. The second kappa shape index (κ2) is 3.69. The van der Waals surface area contributed by atoms with E-state index in [1.54, 1.807) is 12.1 Å². The van der Waals surface area contributed by atoms with E-state index in [9.17, 15) is 4.79 Å². The van der Waals surface area contributed by atoms with E-state index in [4.69, 9.17) is 10.8 Å². The molecule has 0 amide bonds. The van der Waals surface area contributed by atoms with Crippen molar-refractivity contribution in [1.29, 1.82) is 0 Å². The van der Waals surface area contributed by atoms with Crippen LogP contribution in [0.15, 0.2) is 22.7 Å². The van der Waals surface area contributed by atoms with Crippen LogP contribution in [0.3, 0.4) is 0 Å². The van der Waals surface area contributed by atoms with E-state index in [0.29, 0.717) is 5.56 Å². The zero-order valence-corrected chi connectivity index (χ0v) is 7.84. The van der Waals surface area contributed by atoms with Crippen LogP contribution in [-0.2, 0) is 6.54 Å². The number of carboxylic acids is 1. The first-order chi connectivity index (χ1) is 5.65. The van der Waals surface area contributed by atoms with Crippen LogP contribution in [0.4, 0.5) is 0 Å². The number of carboxylic acid groups (broad SMARTS) is 1. The second-order valence-corrected chi connectivity index (χ2v) is 3.23. The van der Waals surface area contributed by atoms with Crippen LogP contribution in [-0.4, -0.2) is 11.1 Å². The van der Waals surface area contributed by atoms with E-state index in [1.165, 1.54) is 6.07 Å². The van der Waals surface area contributed by atoms with Gasteiger partial charge >= 0.3 is 5.97 Å². The predicted molar refractivity (Wildman–Crippen MR) is 49.0 cm³/mol. The summed E-state index contributed by atoms with van der Waals surface area (Å²) in [7, 11) is 0. The van der Waals surface area contributed by atoms with Gasteiger partial charge in [-0.15, -0.1) is 0 Å². The summed E-state index contributed by atoms with van der Waals surface area (Å²) in [5.41, 5.74) is 6.27. The van der Waals surface area contributed by atoms with E-state index < -0.39 is 5.97 Å². The van der Waals surface area contributed by atoms with E-state index >= 15 is 0 Å². The molecular formula is C8H8BrNO2. The van der Waals surface area contributed by atoms with Crippen molar-refractivity contribution >= 4 is 21.9 Å². The maximum Gasteiger partial charge on any atom is 0.336 e. The van der Waals surface area contributed by atoms with Crippen molar-refractivity contribution < 1.29 is 9.90 Å². The number of hydrogen-bond donors (Lipinski definition) is 2. The molecule has 0 aliphatic heterocycles. The second-order valence-electron chi connectivity index (χ2n) is 2.31. The molecule has 12 heavy (non-hydrogen) atoms. The van der Waals surface area contributed by atoms with Gasteiger partial charge in [0, 0.05) is 11.0 Å². The lowest BCUT2D eigenvalue weighted by molar-refractivity contribution is 0.0695. The Labute approximate surface area is 78.3 Å². The van der Waals surface area contributed by atoms with Crippen LogP contribution in [0.1, 0.15) is 15.9 Å². The minimum atomic E-state index is -0.942. The molecule has 0 spiro atoms. The minimum absolute atomic E-state index is 0.237. The van der Waals surface area contributed by atoms with Gasteiger partial charge in [0.1, 0.15) is 0 Å². The summed E-state index contributed by atoms with van der Waals surface area (Å²) in [5, 5.41) is 8.72. The van der Waals surface area contributed by atoms with E-state index in [0.717, 1.165) is 4.47 Å². The highest BCUT2D eigenvalue weighted by molar-refractivity contribution is 9.10. The van der Waals surface area contributed by atoms with Crippen LogP contribution < -0.4 is 5.73 Å². The number of carbonyl (C=O) groups is 1. The predicted octanol–water partition coefficient (Wildman–Crippen LogP) is 1.61. The third-order valence-corrected chi connectivity index (χ3v) is 2.01. The average molecular weight is 230 g/mol. The molecule has 0 heterocycles. The monoisotopic (exact) mass is 229 g/mol. The van der Waals surface area contributed by atoms with E-state index in [1.807, 2.05) is 0 Å². The number of aromatic carboxylic acids is 1. The SMILES string of the molecule is NCc1cc(Br)ccc1C(=O)O. The summed E-state index contributed by atoms with van der Waals surface area (Å²) < 4.78 is 0.841. The Morgan fingerprint density at radius 1 is 1.58 bits per heavy atom. The third-order valence-electron chi connectivity index (χ3n) is 1.52. The molecule has 0 aliphatic rings. The lowest BCUT2D eigenvalue weighted by atomic mass is 10.1. The molecule has 1 aromatic carbocycles. The standard InChI is InChI=1S/C8H8BrNO2/c9-6-1-2-7(8(11)12)5(3-6)4-10/h1-3H,4,10H2,(H,11,12). The fourth-order valence-electron chi connectivity index (χ4n) is 0.940. The summed E-state index contributed by atoms with van der Waals surface area (Å²) >= 11 is 3.24. The highest BCUT2D eigenvalue weighted by atomic mass is 79.9. The summed E-state index contributed by atoms with van der Waals surface area (Å²) in [4.78, 5) is 10.6. The van der Waals surface area contributed by atoms with E-state index in [2.05, 4.69) is 15.9 Å². The van der Waals surface area contributed by atoms with Crippen LogP contribution >= 0.6 is 15.9 Å². The zero-order chi connectivity index (χ0) is 9.14.